The van der Waals surface area contributed by atoms with Gasteiger partial charge in [0, 0.05) is 23.6 Å². The fraction of sp³-hybridized carbons (Fsp3) is 0.182. The number of fused-ring (bicyclic) bond motifs is 1. The second-order valence-electron chi connectivity index (χ2n) is 6.41. The summed E-state index contributed by atoms with van der Waals surface area (Å²) < 4.78 is 16.0. The van der Waals surface area contributed by atoms with Gasteiger partial charge >= 0.3 is 0 Å². The number of rotatable bonds is 6. The lowest BCUT2D eigenvalue weighted by Gasteiger charge is -2.13. The summed E-state index contributed by atoms with van der Waals surface area (Å²) in [7, 11) is 3.23. The Morgan fingerprint density at radius 1 is 0.964 bits per heavy atom. The van der Waals surface area contributed by atoms with E-state index in [0.29, 0.717) is 23.9 Å². The molecular weight excluding hydrogens is 354 g/mol. The van der Waals surface area contributed by atoms with Crippen molar-refractivity contribution in [1.29, 1.82) is 0 Å². The van der Waals surface area contributed by atoms with Crippen LogP contribution in [0.1, 0.15) is 11.4 Å². The number of ether oxygens (including phenoxy) is 2. The molecule has 6 heteroatoms. The van der Waals surface area contributed by atoms with Gasteiger partial charge in [0.1, 0.15) is 11.6 Å². The lowest BCUT2D eigenvalue weighted by atomic mass is 10.1. The minimum absolute atomic E-state index is 0.631. The molecule has 0 amide bonds. The van der Waals surface area contributed by atoms with Gasteiger partial charge in [0.25, 0.3) is 0 Å². The lowest BCUT2D eigenvalue weighted by Crippen LogP contribution is -2.05. The molecule has 2 heterocycles. The summed E-state index contributed by atoms with van der Waals surface area (Å²) >= 11 is 0. The molecule has 6 nitrogen and oxygen atoms in total. The first-order valence-corrected chi connectivity index (χ1v) is 8.93. The van der Waals surface area contributed by atoms with Crippen molar-refractivity contribution in [2.24, 2.45) is 0 Å². The zero-order valence-corrected chi connectivity index (χ0v) is 16.0. The minimum atomic E-state index is 0.631. The summed E-state index contributed by atoms with van der Waals surface area (Å²) in [5.41, 5.74) is 4.12. The molecule has 0 spiro atoms. The van der Waals surface area contributed by atoms with Crippen molar-refractivity contribution in [1.82, 2.24) is 9.97 Å². The fourth-order valence-electron chi connectivity index (χ4n) is 3.18. The Hall–Kier alpha value is -3.54. The number of aryl methyl sites for hydroxylation is 1. The molecule has 1 N–H and O–H groups in total. The van der Waals surface area contributed by atoms with Crippen LogP contribution in [0.2, 0.25) is 0 Å². The standard InChI is InChI=1S/C22H21N3O3/c1-14-24-19-11-21(27-3)20(26-2)10-18(19)22(25-14)23-12-15-5-4-6-16(9-15)17-7-8-28-13-17/h4-11,13H,12H2,1-3H3,(H,23,24,25). The molecule has 0 radical (unpaired) electrons. The summed E-state index contributed by atoms with van der Waals surface area (Å²) in [6, 6.07) is 14.0. The SMILES string of the molecule is COc1cc2nc(C)nc(NCc3cccc(-c4ccoc4)c3)c2cc1OC. The Morgan fingerprint density at radius 3 is 2.54 bits per heavy atom. The van der Waals surface area contributed by atoms with E-state index in [2.05, 4.69) is 33.5 Å². The monoisotopic (exact) mass is 375 g/mol. The number of hydrogen-bond acceptors (Lipinski definition) is 6. The van der Waals surface area contributed by atoms with E-state index in [0.717, 1.165) is 33.4 Å². The highest BCUT2D eigenvalue weighted by atomic mass is 16.5. The Bertz CT molecular complexity index is 1110. The van der Waals surface area contributed by atoms with E-state index in [1.165, 1.54) is 0 Å². The third kappa shape index (κ3) is 3.49. The molecule has 0 aliphatic heterocycles. The molecule has 28 heavy (non-hydrogen) atoms. The van der Waals surface area contributed by atoms with Crippen molar-refractivity contribution in [3.63, 3.8) is 0 Å². The van der Waals surface area contributed by atoms with Gasteiger partial charge in [-0.3, -0.25) is 0 Å². The van der Waals surface area contributed by atoms with Crippen LogP contribution in [0, 0.1) is 6.92 Å². The smallest absolute Gasteiger partial charge is 0.162 e. The van der Waals surface area contributed by atoms with Crippen molar-refractivity contribution in [2.75, 3.05) is 19.5 Å². The predicted octanol–water partition coefficient (Wildman–Crippen LogP) is 4.83. The first kappa shape index (κ1) is 17.9. The highest BCUT2D eigenvalue weighted by Crippen LogP contribution is 2.34. The van der Waals surface area contributed by atoms with Crippen molar-refractivity contribution in [3.8, 4) is 22.6 Å². The zero-order chi connectivity index (χ0) is 19.5. The maximum Gasteiger partial charge on any atom is 0.162 e. The third-order valence-electron chi connectivity index (χ3n) is 4.55. The van der Waals surface area contributed by atoms with Gasteiger partial charge in [-0.25, -0.2) is 9.97 Å². The molecule has 2 aromatic carbocycles. The number of nitrogens with one attached hydrogen (secondary N) is 1. The van der Waals surface area contributed by atoms with Crippen molar-refractivity contribution < 1.29 is 13.9 Å². The van der Waals surface area contributed by atoms with Crippen LogP contribution in [-0.2, 0) is 6.54 Å². The van der Waals surface area contributed by atoms with Crippen LogP contribution < -0.4 is 14.8 Å². The minimum Gasteiger partial charge on any atom is -0.493 e. The molecule has 0 fully saturated rings. The second kappa shape index (κ2) is 7.60. The van der Waals surface area contributed by atoms with Gasteiger partial charge < -0.3 is 19.2 Å². The van der Waals surface area contributed by atoms with Gasteiger partial charge in [0.2, 0.25) is 0 Å². The normalized spacial score (nSPS) is 10.8. The molecule has 0 aliphatic carbocycles. The van der Waals surface area contributed by atoms with Gasteiger partial charge in [0.15, 0.2) is 11.5 Å². The number of furan rings is 1. The summed E-state index contributed by atoms with van der Waals surface area (Å²) in [5, 5.41) is 4.32. The number of aromatic nitrogens is 2. The summed E-state index contributed by atoms with van der Waals surface area (Å²) in [6.45, 7) is 2.51. The number of anilines is 1. The molecule has 4 rings (SSSR count). The van der Waals surface area contributed by atoms with Crippen molar-refractivity contribution in [3.05, 3.63) is 66.4 Å². The second-order valence-corrected chi connectivity index (χ2v) is 6.41. The molecular formula is C22H21N3O3. The van der Waals surface area contributed by atoms with E-state index in [1.54, 1.807) is 26.7 Å². The molecule has 0 bridgehead atoms. The molecule has 0 atom stereocenters. The number of nitrogens with zero attached hydrogens (tertiary/aromatic N) is 2. The first-order chi connectivity index (χ1) is 13.7. The predicted molar refractivity (Wildman–Crippen MR) is 109 cm³/mol. The van der Waals surface area contributed by atoms with Gasteiger partial charge in [-0.2, -0.15) is 0 Å². The van der Waals surface area contributed by atoms with Crippen molar-refractivity contribution >= 4 is 16.7 Å². The highest BCUT2D eigenvalue weighted by Gasteiger charge is 2.12. The van der Waals surface area contributed by atoms with Crippen molar-refractivity contribution in [2.45, 2.75) is 13.5 Å². The number of benzene rings is 2. The summed E-state index contributed by atoms with van der Waals surface area (Å²) in [4.78, 5) is 9.11. The lowest BCUT2D eigenvalue weighted by molar-refractivity contribution is 0.356. The number of hydrogen-bond donors (Lipinski definition) is 1. The van der Waals surface area contributed by atoms with Crippen LogP contribution in [0.4, 0.5) is 5.82 Å². The molecule has 0 aliphatic rings. The molecule has 0 unspecified atom stereocenters. The molecule has 0 saturated heterocycles. The first-order valence-electron chi connectivity index (χ1n) is 8.93. The largest absolute Gasteiger partial charge is 0.493 e. The average molecular weight is 375 g/mol. The molecule has 2 aromatic heterocycles. The maximum absolute atomic E-state index is 5.43. The summed E-state index contributed by atoms with van der Waals surface area (Å²) in [6.07, 6.45) is 3.42. The van der Waals surface area contributed by atoms with Gasteiger partial charge in [-0.05, 0) is 36.2 Å². The van der Waals surface area contributed by atoms with E-state index in [1.807, 2.05) is 31.2 Å². The van der Waals surface area contributed by atoms with Crippen LogP contribution in [0.15, 0.2) is 59.4 Å². The van der Waals surface area contributed by atoms with Gasteiger partial charge in [-0.15, -0.1) is 0 Å². The Morgan fingerprint density at radius 2 is 1.79 bits per heavy atom. The van der Waals surface area contributed by atoms with E-state index >= 15 is 0 Å². The van der Waals surface area contributed by atoms with Crippen LogP contribution in [0.5, 0.6) is 11.5 Å². The van der Waals surface area contributed by atoms with E-state index in [4.69, 9.17) is 13.9 Å². The Balaban J connectivity index is 1.65. The maximum atomic E-state index is 5.43. The molecule has 4 aromatic rings. The Kier molecular flexibility index (Phi) is 4.85. The van der Waals surface area contributed by atoms with Crippen LogP contribution in [0.25, 0.3) is 22.0 Å². The van der Waals surface area contributed by atoms with E-state index in [-0.39, 0.29) is 0 Å². The van der Waals surface area contributed by atoms with Gasteiger partial charge in [-0.1, -0.05) is 18.2 Å². The van der Waals surface area contributed by atoms with Crippen LogP contribution in [0.3, 0.4) is 0 Å². The molecule has 142 valence electrons. The topological polar surface area (TPSA) is 69.4 Å². The van der Waals surface area contributed by atoms with Gasteiger partial charge in [0.05, 0.1) is 32.3 Å². The third-order valence-corrected chi connectivity index (χ3v) is 4.55. The highest BCUT2D eigenvalue weighted by molar-refractivity contribution is 5.91. The van der Waals surface area contributed by atoms with Crippen LogP contribution in [-0.4, -0.2) is 24.2 Å². The molecule has 0 saturated carbocycles. The number of methoxy groups -OCH3 is 2. The fourth-order valence-corrected chi connectivity index (χ4v) is 3.18. The van der Waals surface area contributed by atoms with E-state index in [9.17, 15) is 0 Å². The Labute approximate surface area is 163 Å². The average Bonchev–Trinajstić information content (AvgIpc) is 3.26. The zero-order valence-electron chi connectivity index (χ0n) is 16.0. The van der Waals surface area contributed by atoms with Crippen LogP contribution >= 0.6 is 0 Å². The van der Waals surface area contributed by atoms with E-state index < -0.39 is 0 Å². The summed E-state index contributed by atoms with van der Waals surface area (Å²) in [5.74, 6) is 2.74. The quantitative estimate of drug-likeness (QED) is 0.521.